The van der Waals surface area contributed by atoms with E-state index in [1.807, 2.05) is 0 Å². The molecule has 6 nitrogen and oxygen atoms in total. The van der Waals surface area contributed by atoms with Crippen LogP contribution in [-0.2, 0) is 0 Å². The number of ether oxygens (including phenoxy) is 2. The molecule has 134 valence electrons. The Hall–Kier alpha value is -2.97. The fourth-order valence-corrected chi connectivity index (χ4v) is 2.32. The lowest BCUT2D eigenvalue weighted by Gasteiger charge is -2.19. The van der Waals surface area contributed by atoms with Crippen molar-refractivity contribution >= 4 is 11.4 Å². The molecule has 0 aliphatic carbocycles. The number of nitrogens with one attached hydrogen (secondary N) is 1. The first-order valence-corrected chi connectivity index (χ1v) is 7.15. The van der Waals surface area contributed by atoms with E-state index in [9.17, 15) is 23.3 Å². The summed E-state index contributed by atoms with van der Waals surface area (Å²) >= 11 is 0. The first-order chi connectivity index (χ1) is 11.8. The van der Waals surface area contributed by atoms with Gasteiger partial charge in [-0.05, 0) is 31.2 Å². The Morgan fingerprint density at radius 3 is 2.48 bits per heavy atom. The van der Waals surface area contributed by atoms with E-state index in [1.165, 1.54) is 31.4 Å². The quantitative estimate of drug-likeness (QED) is 0.583. The van der Waals surface area contributed by atoms with Gasteiger partial charge in [-0.25, -0.2) is 4.39 Å². The van der Waals surface area contributed by atoms with E-state index in [0.717, 1.165) is 12.1 Å². The van der Waals surface area contributed by atoms with E-state index >= 15 is 0 Å². The van der Waals surface area contributed by atoms with Crippen LogP contribution < -0.4 is 14.8 Å². The molecule has 0 aromatic heterocycles. The van der Waals surface area contributed by atoms with Crippen LogP contribution in [0.3, 0.4) is 0 Å². The Balaban J connectivity index is 2.30. The van der Waals surface area contributed by atoms with Crippen LogP contribution in [-0.4, -0.2) is 18.6 Å². The van der Waals surface area contributed by atoms with Crippen molar-refractivity contribution in [1.82, 2.24) is 0 Å². The van der Waals surface area contributed by atoms with Crippen LogP contribution in [0.1, 0.15) is 18.5 Å². The zero-order valence-electron chi connectivity index (χ0n) is 13.3. The van der Waals surface area contributed by atoms with Crippen LogP contribution in [0.2, 0.25) is 0 Å². The van der Waals surface area contributed by atoms with Crippen LogP contribution in [0.15, 0.2) is 36.4 Å². The lowest BCUT2D eigenvalue weighted by atomic mass is 10.1. The summed E-state index contributed by atoms with van der Waals surface area (Å²) in [5.74, 6) is -0.592. The number of alkyl halides is 2. The van der Waals surface area contributed by atoms with Gasteiger partial charge in [0.25, 0.3) is 0 Å². The molecule has 0 heterocycles. The Morgan fingerprint density at radius 1 is 1.16 bits per heavy atom. The first-order valence-electron chi connectivity index (χ1n) is 7.15. The highest BCUT2D eigenvalue weighted by Gasteiger charge is 2.20. The van der Waals surface area contributed by atoms with Gasteiger partial charge in [0, 0.05) is 23.4 Å². The third-order valence-electron chi connectivity index (χ3n) is 3.41. The summed E-state index contributed by atoms with van der Waals surface area (Å²) in [5.41, 5.74) is 0.207. The van der Waals surface area contributed by atoms with Crippen molar-refractivity contribution in [3.63, 3.8) is 0 Å². The van der Waals surface area contributed by atoms with Crippen molar-refractivity contribution in [3.05, 3.63) is 57.9 Å². The van der Waals surface area contributed by atoms with Crippen molar-refractivity contribution in [2.24, 2.45) is 0 Å². The third kappa shape index (κ3) is 4.52. The molecule has 0 radical (unpaired) electrons. The van der Waals surface area contributed by atoms with Crippen molar-refractivity contribution in [2.45, 2.75) is 19.6 Å². The zero-order chi connectivity index (χ0) is 18.6. The molecule has 0 saturated carbocycles. The number of hydrogen-bond donors (Lipinski definition) is 1. The van der Waals surface area contributed by atoms with E-state index in [4.69, 9.17) is 4.74 Å². The minimum absolute atomic E-state index is 0.292. The summed E-state index contributed by atoms with van der Waals surface area (Å²) in [4.78, 5) is 10.1. The number of rotatable bonds is 7. The maximum Gasteiger partial charge on any atom is 0.387 e. The normalized spacial score (nSPS) is 11.9. The Morgan fingerprint density at radius 2 is 1.88 bits per heavy atom. The Labute approximate surface area is 141 Å². The van der Waals surface area contributed by atoms with Crippen LogP contribution >= 0.6 is 0 Å². The predicted molar refractivity (Wildman–Crippen MR) is 84.7 cm³/mol. The molecular formula is C16H15F3N2O4. The smallest absolute Gasteiger partial charge is 0.387 e. The van der Waals surface area contributed by atoms with Crippen LogP contribution in [0.25, 0.3) is 0 Å². The minimum atomic E-state index is -3.20. The predicted octanol–water partition coefficient (Wildman–Crippen LogP) is 4.52. The van der Waals surface area contributed by atoms with Crippen molar-refractivity contribution < 1.29 is 27.6 Å². The van der Waals surface area contributed by atoms with Crippen molar-refractivity contribution in [2.75, 3.05) is 12.4 Å². The summed E-state index contributed by atoms with van der Waals surface area (Å²) in [5, 5.41) is 13.8. The summed E-state index contributed by atoms with van der Waals surface area (Å²) in [7, 11) is 1.43. The lowest BCUT2D eigenvalue weighted by molar-refractivity contribution is -0.386. The molecule has 0 aliphatic rings. The molecule has 0 aliphatic heterocycles. The van der Waals surface area contributed by atoms with E-state index < -0.39 is 34.8 Å². The highest BCUT2D eigenvalue weighted by atomic mass is 19.3. The molecule has 1 N–H and O–H groups in total. The summed E-state index contributed by atoms with van der Waals surface area (Å²) < 4.78 is 47.7. The molecule has 0 saturated heterocycles. The zero-order valence-corrected chi connectivity index (χ0v) is 13.3. The lowest BCUT2D eigenvalue weighted by Crippen LogP contribution is -2.10. The van der Waals surface area contributed by atoms with Gasteiger partial charge in [-0.2, -0.15) is 8.78 Å². The van der Waals surface area contributed by atoms with Gasteiger partial charge in [-0.1, -0.05) is 0 Å². The number of hydrogen-bond acceptors (Lipinski definition) is 5. The van der Waals surface area contributed by atoms with Gasteiger partial charge in [0.1, 0.15) is 11.6 Å². The molecule has 0 amide bonds. The number of halogens is 3. The van der Waals surface area contributed by atoms with E-state index in [1.54, 1.807) is 6.92 Å². The maximum absolute atomic E-state index is 13.5. The molecule has 0 spiro atoms. The summed E-state index contributed by atoms with van der Waals surface area (Å²) in [6.45, 7) is -1.50. The largest absolute Gasteiger partial charge is 0.496 e. The molecule has 1 atom stereocenters. The molecule has 0 bridgehead atoms. The highest BCUT2D eigenvalue weighted by Crippen LogP contribution is 2.34. The van der Waals surface area contributed by atoms with Crippen LogP contribution in [0, 0.1) is 15.9 Å². The molecule has 2 aromatic rings. The number of benzene rings is 2. The topological polar surface area (TPSA) is 73.6 Å². The van der Waals surface area contributed by atoms with Gasteiger partial charge in [0.05, 0.1) is 18.1 Å². The second-order valence-electron chi connectivity index (χ2n) is 5.07. The molecule has 25 heavy (non-hydrogen) atoms. The highest BCUT2D eigenvalue weighted by molar-refractivity contribution is 5.59. The monoisotopic (exact) mass is 356 g/mol. The average Bonchev–Trinajstić information content (AvgIpc) is 2.54. The van der Waals surface area contributed by atoms with Gasteiger partial charge in [0.15, 0.2) is 0 Å². The third-order valence-corrected chi connectivity index (χ3v) is 3.41. The van der Waals surface area contributed by atoms with Crippen LogP contribution in [0.4, 0.5) is 24.5 Å². The Kier molecular flexibility index (Phi) is 5.68. The maximum atomic E-state index is 13.5. The number of nitrogens with zero attached hydrogens (tertiary/aromatic N) is 1. The van der Waals surface area contributed by atoms with E-state index in [2.05, 4.69) is 10.1 Å². The Bertz CT molecular complexity index is 771. The average molecular weight is 356 g/mol. The fourth-order valence-electron chi connectivity index (χ4n) is 2.32. The number of methoxy groups -OCH3 is 1. The van der Waals surface area contributed by atoms with Crippen molar-refractivity contribution in [3.8, 4) is 11.5 Å². The molecule has 2 aromatic carbocycles. The summed E-state index contributed by atoms with van der Waals surface area (Å²) in [6.07, 6.45) is 0. The number of nitro benzene ring substituents is 1. The van der Waals surface area contributed by atoms with E-state index in [0.29, 0.717) is 17.0 Å². The van der Waals surface area contributed by atoms with Gasteiger partial charge in [0.2, 0.25) is 5.75 Å². The first kappa shape index (κ1) is 18.4. The molecule has 2 rings (SSSR count). The van der Waals surface area contributed by atoms with Gasteiger partial charge >= 0.3 is 12.3 Å². The van der Waals surface area contributed by atoms with Crippen LogP contribution in [0.5, 0.6) is 11.5 Å². The van der Waals surface area contributed by atoms with E-state index in [-0.39, 0.29) is 0 Å². The fraction of sp³-hybridized carbons (Fsp3) is 0.250. The molecule has 0 fully saturated rings. The molecular weight excluding hydrogens is 341 g/mol. The second-order valence-corrected chi connectivity index (χ2v) is 5.07. The number of nitro groups is 1. The van der Waals surface area contributed by atoms with Gasteiger partial charge in [-0.15, -0.1) is 0 Å². The molecule has 1 unspecified atom stereocenters. The molecule has 9 heteroatoms. The summed E-state index contributed by atoms with van der Waals surface area (Å²) in [6, 6.07) is 7.00. The SMILES string of the molecule is COc1ccc(F)cc1C(C)Nc1ccc([N+](=O)[O-])c(OC(F)F)c1. The van der Waals surface area contributed by atoms with Gasteiger partial charge in [-0.3, -0.25) is 10.1 Å². The number of anilines is 1. The second kappa shape index (κ2) is 7.73. The standard InChI is InChI=1S/C16H15F3N2O4/c1-9(12-7-10(17)3-6-14(12)24-2)20-11-4-5-13(21(22)23)15(8-11)25-16(18)19/h3-9,16,20H,1-2H3. The van der Waals surface area contributed by atoms with Crippen molar-refractivity contribution in [1.29, 1.82) is 0 Å². The van der Waals surface area contributed by atoms with Gasteiger partial charge < -0.3 is 14.8 Å². The minimum Gasteiger partial charge on any atom is -0.496 e.